The van der Waals surface area contributed by atoms with E-state index >= 15 is 0 Å². The van der Waals surface area contributed by atoms with Crippen molar-refractivity contribution in [1.29, 1.82) is 0 Å². The number of unbranched alkanes of at least 4 members (excludes halogenated alkanes) is 2. The summed E-state index contributed by atoms with van der Waals surface area (Å²) in [4.78, 5) is 2.70. The second-order valence-electron chi connectivity index (χ2n) is 7.78. The Balaban J connectivity index is 1.64. The number of rotatable bonds is 7. The zero-order valence-electron chi connectivity index (χ0n) is 17.3. The molecule has 1 aliphatic rings. The topological polar surface area (TPSA) is 40.6 Å². The standard InChI is InChI=1S/C23H32N2O2S/c1-4-5-6-7-21-9-11-22(12-10-21)28(26,27)25-16-14-24(15-17-25)23-13-8-19(2)18-20(23)3/h8-13,18H,4-7,14-17H2,1-3H3. The van der Waals surface area contributed by atoms with E-state index in [9.17, 15) is 8.42 Å². The van der Waals surface area contributed by atoms with E-state index in [4.69, 9.17) is 0 Å². The van der Waals surface area contributed by atoms with Crippen molar-refractivity contribution in [2.45, 2.75) is 51.3 Å². The molecular formula is C23H32N2O2S. The van der Waals surface area contributed by atoms with Crippen LogP contribution in [0, 0.1) is 13.8 Å². The maximum atomic E-state index is 13.0. The lowest BCUT2D eigenvalue weighted by Gasteiger charge is -2.36. The highest BCUT2D eigenvalue weighted by molar-refractivity contribution is 7.89. The molecule has 4 nitrogen and oxygen atoms in total. The third-order valence-electron chi connectivity index (χ3n) is 5.56. The fraction of sp³-hybridized carbons (Fsp3) is 0.478. The summed E-state index contributed by atoms with van der Waals surface area (Å²) >= 11 is 0. The SMILES string of the molecule is CCCCCc1ccc(S(=O)(=O)N2CCN(c3ccc(C)cc3C)CC2)cc1. The van der Waals surface area contributed by atoms with Crippen LogP contribution in [0.2, 0.25) is 0 Å². The van der Waals surface area contributed by atoms with E-state index in [1.165, 1.54) is 35.2 Å². The molecule has 0 saturated carbocycles. The number of nitrogens with zero attached hydrogens (tertiary/aromatic N) is 2. The molecule has 0 radical (unpaired) electrons. The first kappa shape index (κ1) is 20.9. The molecule has 2 aromatic carbocycles. The number of hydrogen-bond donors (Lipinski definition) is 0. The minimum atomic E-state index is -3.42. The molecule has 0 atom stereocenters. The summed E-state index contributed by atoms with van der Waals surface area (Å²) < 4.78 is 27.7. The summed E-state index contributed by atoms with van der Waals surface area (Å²) in [5.74, 6) is 0. The molecule has 1 aliphatic heterocycles. The van der Waals surface area contributed by atoms with Crippen LogP contribution < -0.4 is 4.90 Å². The summed E-state index contributed by atoms with van der Waals surface area (Å²) in [6, 6.07) is 13.9. The Morgan fingerprint density at radius 1 is 0.893 bits per heavy atom. The smallest absolute Gasteiger partial charge is 0.243 e. The fourth-order valence-corrected chi connectivity index (χ4v) is 5.31. The maximum absolute atomic E-state index is 13.0. The van der Waals surface area contributed by atoms with Crippen LogP contribution in [-0.2, 0) is 16.4 Å². The molecule has 28 heavy (non-hydrogen) atoms. The summed E-state index contributed by atoms with van der Waals surface area (Å²) in [5.41, 5.74) is 4.92. The van der Waals surface area contributed by atoms with Gasteiger partial charge in [-0.2, -0.15) is 4.31 Å². The lowest BCUT2D eigenvalue weighted by molar-refractivity contribution is 0.384. The largest absolute Gasteiger partial charge is 0.369 e. The van der Waals surface area contributed by atoms with Gasteiger partial charge in [0, 0.05) is 31.9 Å². The van der Waals surface area contributed by atoms with E-state index < -0.39 is 10.0 Å². The molecular weight excluding hydrogens is 368 g/mol. The molecule has 3 rings (SSSR count). The Hall–Kier alpha value is -1.85. The van der Waals surface area contributed by atoms with E-state index in [2.05, 4.69) is 43.9 Å². The summed E-state index contributed by atoms with van der Waals surface area (Å²) in [5, 5.41) is 0. The Morgan fingerprint density at radius 2 is 1.57 bits per heavy atom. The number of hydrogen-bond acceptors (Lipinski definition) is 3. The normalized spacial score (nSPS) is 15.8. The van der Waals surface area contributed by atoms with E-state index in [0.717, 1.165) is 25.9 Å². The van der Waals surface area contributed by atoms with Crippen LogP contribution in [-0.4, -0.2) is 38.9 Å². The molecule has 0 bridgehead atoms. The Bertz CT molecular complexity index is 883. The van der Waals surface area contributed by atoms with Crippen molar-refractivity contribution in [1.82, 2.24) is 4.31 Å². The predicted octanol–water partition coefficient (Wildman–Crippen LogP) is 4.55. The van der Waals surface area contributed by atoms with Crippen molar-refractivity contribution in [2.24, 2.45) is 0 Å². The summed E-state index contributed by atoms with van der Waals surface area (Å²) in [7, 11) is -3.42. The maximum Gasteiger partial charge on any atom is 0.243 e. The van der Waals surface area contributed by atoms with E-state index in [1.54, 1.807) is 16.4 Å². The van der Waals surface area contributed by atoms with E-state index in [0.29, 0.717) is 18.0 Å². The lowest BCUT2D eigenvalue weighted by Crippen LogP contribution is -2.48. The number of sulfonamides is 1. The van der Waals surface area contributed by atoms with Gasteiger partial charge in [-0.3, -0.25) is 0 Å². The average Bonchev–Trinajstić information content (AvgIpc) is 2.69. The highest BCUT2D eigenvalue weighted by Crippen LogP contribution is 2.25. The van der Waals surface area contributed by atoms with Crippen molar-refractivity contribution >= 4 is 15.7 Å². The van der Waals surface area contributed by atoms with Gasteiger partial charge in [0.1, 0.15) is 0 Å². The Morgan fingerprint density at radius 3 is 2.18 bits per heavy atom. The van der Waals surface area contributed by atoms with Gasteiger partial charge < -0.3 is 4.90 Å². The molecule has 152 valence electrons. The number of benzene rings is 2. The molecule has 0 amide bonds. The molecule has 5 heteroatoms. The first-order chi connectivity index (χ1) is 13.4. The molecule has 0 unspecified atom stereocenters. The molecule has 0 N–H and O–H groups in total. The monoisotopic (exact) mass is 400 g/mol. The van der Waals surface area contributed by atoms with Crippen LogP contribution in [0.25, 0.3) is 0 Å². The molecule has 1 saturated heterocycles. The minimum Gasteiger partial charge on any atom is -0.369 e. The number of aryl methyl sites for hydroxylation is 3. The summed E-state index contributed by atoms with van der Waals surface area (Å²) in [6.45, 7) is 8.89. The number of anilines is 1. The van der Waals surface area contributed by atoms with E-state index in [1.807, 2.05) is 12.1 Å². The van der Waals surface area contributed by atoms with Gasteiger partial charge in [-0.1, -0.05) is 49.6 Å². The van der Waals surface area contributed by atoms with E-state index in [-0.39, 0.29) is 0 Å². The number of piperazine rings is 1. The third-order valence-corrected chi connectivity index (χ3v) is 7.47. The summed E-state index contributed by atoms with van der Waals surface area (Å²) in [6.07, 6.45) is 4.58. The zero-order chi connectivity index (χ0) is 20.1. The van der Waals surface area contributed by atoms with Crippen LogP contribution in [0.1, 0.15) is 42.9 Å². The van der Waals surface area contributed by atoms with Crippen LogP contribution in [0.5, 0.6) is 0 Å². The quantitative estimate of drug-likeness (QED) is 0.640. The van der Waals surface area contributed by atoms with Gasteiger partial charge in [0.05, 0.1) is 4.90 Å². The van der Waals surface area contributed by atoms with Crippen LogP contribution in [0.3, 0.4) is 0 Å². The predicted molar refractivity (Wildman–Crippen MR) is 117 cm³/mol. The Kier molecular flexibility index (Phi) is 6.78. The fourth-order valence-electron chi connectivity index (χ4n) is 3.89. The van der Waals surface area contributed by atoms with Crippen molar-refractivity contribution in [3.8, 4) is 0 Å². The van der Waals surface area contributed by atoms with Crippen molar-refractivity contribution in [3.63, 3.8) is 0 Å². The third kappa shape index (κ3) is 4.76. The molecule has 0 aromatic heterocycles. The molecule has 0 spiro atoms. The van der Waals surface area contributed by atoms with Gasteiger partial charge in [-0.25, -0.2) is 8.42 Å². The molecule has 2 aromatic rings. The molecule has 1 heterocycles. The first-order valence-corrected chi connectivity index (χ1v) is 11.8. The van der Waals surface area contributed by atoms with Crippen LogP contribution in [0.15, 0.2) is 47.4 Å². The molecule has 0 aliphatic carbocycles. The van der Waals surface area contributed by atoms with Gasteiger partial charge in [-0.15, -0.1) is 0 Å². The zero-order valence-corrected chi connectivity index (χ0v) is 18.1. The van der Waals surface area contributed by atoms with Gasteiger partial charge in [0.2, 0.25) is 10.0 Å². The van der Waals surface area contributed by atoms with Crippen molar-refractivity contribution in [3.05, 3.63) is 59.2 Å². The van der Waals surface area contributed by atoms with Crippen LogP contribution in [0.4, 0.5) is 5.69 Å². The van der Waals surface area contributed by atoms with Crippen LogP contribution >= 0.6 is 0 Å². The van der Waals surface area contributed by atoms with Gasteiger partial charge in [0.15, 0.2) is 0 Å². The highest BCUT2D eigenvalue weighted by Gasteiger charge is 2.28. The lowest BCUT2D eigenvalue weighted by atomic mass is 10.1. The first-order valence-electron chi connectivity index (χ1n) is 10.3. The van der Waals surface area contributed by atoms with Crippen molar-refractivity contribution in [2.75, 3.05) is 31.1 Å². The minimum absolute atomic E-state index is 0.409. The second-order valence-corrected chi connectivity index (χ2v) is 9.72. The van der Waals surface area contributed by atoms with Gasteiger partial charge >= 0.3 is 0 Å². The van der Waals surface area contributed by atoms with Gasteiger partial charge in [-0.05, 0) is 56.0 Å². The Labute approximate surface area is 170 Å². The second kappa shape index (κ2) is 9.10. The average molecular weight is 401 g/mol. The molecule has 1 fully saturated rings. The van der Waals surface area contributed by atoms with Crippen molar-refractivity contribution < 1.29 is 8.42 Å². The highest BCUT2D eigenvalue weighted by atomic mass is 32.2. The van der Waals surface area contributed by atoms with Gasteiger partial charge in [0.25, 0.3) is 0 Å².